The van der Waals surface area contributed by atoms with Gasteiger partial charge in [0, 0.05) is 24.0 Å². The van der Waals surface area contributed by atoms with E-state index in [-0.39, 0.29) is 24.3 Å². The molecular formula is C28H31ClN2O2. The largest absolute Gasteiger partial charge is 0.352 e. The molecule has 0 bridgehead atoms. The maximum absolute atomic E-state index is 13.6. The van der Waals surface area contributed by atoms with Gasteiger partial charge in [-0.1, -0.05) is 83.9 Å². The molecule has 5 heteroatoms. The number of rotatable bonds is 9. The van der Waals surface area contributed by atoms with Crippen LogP contribution in [0.15, 0.2) is 78.9 Å². The minimum absolute atomic E-state index is 0.0277. The minimum Gasteiger partial charge on any atom is -0.352 e. The Hall–Kier alpha value is -3.11. The number of aryl methyl sites for hydroxylation is 1. The third-order valence-electron chi connectivity index (χ3n) is 5.42. The summed E-state index contributed by atoms with van der Waals surface area (Å²) in [7, 11) is 0. The van der Waals surface area contributed by atoms with Crippen LogP contribution < -0.4 is 5.32 Å². The Kier molecular flexibility index (Phi) is 8.67. The zero-order valence-electron chi connectivity index (χ0n) is 19.4. The molecule has 0 aliphatic heterocycles. The first kappa shape index (κ1) is 24.5. The molecule has 1 N–H and O–H groups in total. The maximum Gasteiger partial charge on any atom is 0.243 e. The first-order chi connectivity index (χ1) is 15.8. The molecular weight excluding hydrogens is 432 g/mol. The van der Waals surface area contributed by atoms with Crippen molar-refractivity contribution in [3.05, 3.63) is 106 Å². The van der Waals surface area contributed by atoms with Crippen LogP contribution in [-0.4, -0.2) is 28.8 Å². The minimum atomic E-state index is -0.636. The zero-order valence-corrected chi connectivity index (χ0v) is 20.2. The lowest BCUT2D eigenvalue weighted by atomic mass is 10.0. The Bertz CT molecular complexity index is 1060. The SMILES string of the molecule is Cc1ccc(CN(C(=O)Cc2cccc(Cl)c2)[C@H](Cc2ccccc2)C(=O)NC(C)C)cc1. The molecule has 0 saturated heterocycles. The number of amides is 2. The van der Waals surface area contributed by atoms with Crippen molar-refractivity contribution in [1.29, 1.82) is 0 Å². The second-order valence-electron chi connectivity index (χ2n) is 8.68. The molecule has 0 unspecified atom stereocenters. The number of hydrogen-bond donors (Lipinski definition) is 1. The van der Waals surface area contributed by atoms with Gasteiger partial charge in [-0.25, -0.2) is 0 Å². The topological polar surface area (TPSA) is 49.4 Å². The van der Waals surface area contributed by atoms with Gasteiger partial charge in [0.2, 0.25) is 11.8 Å². The van der Waals surface area contributed by atoms with Gasteiger partial charge in [0.05, 0.1) is 6.42 Å². The van der Waals surface area contributed by atoms with Crippen LogP contribution in [0, 0.1) is 6.92 Å². The molecule has 0 aliphatic carbocycles. The number of carbonyl (C=O) groups excluding carboxylic acids is 2. The van der Waals surface area contributed by atoms with Crippen molar-refractivity contribution in [3.63, 3.8) is 0 Å². The van der Waals surface area contributed by atoms with Crippen LogP contribution in [0.3, 0.4) is 0 Å². The highest BCUT2D eigenvalue weighted by molar-refractivity contribution is 6.30. The van der Waals surface area contributed by atoms with Crippen molar-refractivity contribution in [1.82, 2.24) is 10.2 Å². The van der Waals surface area contributed by atoms with E-state index in [4.69, 9.17) is 11.6 Å². The number of halogens is 1. The summed E-state index contributed by atoms with van der Waals surface area (Å²) in [5.41, 5.74) is 3.96. The molecule has 1 atom stereocenters. The second-order valence-corrected chi connectivity index (χ2v) is 9.12. The summed E-state index contributed by atoms with van der Waals surface area (Å²) in [5.74, 6) is -0.266. The molecule has 4 nitrogen and oxygen atoms in total. The van der Waals surface area contributed by atoms with E-state index in [1.807, 2.05) is 87.5 Å². The molecule has 3 rings (SSSR count). The van der Waals surface area contributed by atoms with Crippen molar-refractivity contribution >= 4 is 23.4 Å². The van der Waals surface area contributed by atoms with Gasteiger partial charge in [0.25, 0.3) is 0 Å². The molecule has 0 aromatic heterocycles. The van der Waals surface area contributed by atoms with E-state index in [0.29, 0.717) is 18.0 Å². The Morgan fingerprint density at radius 3 is 2.18 bits per heavy atom. The Labute approximate surface area is 201 Å². The molecule has 3 aromatic rings. The number of benzene rings is 3. The fourth-order valence-electron chi connectivity index (χ4n) is 3.75. The smallest absolute Gasteiger partial charge is 0.243 e. The van der Waals surface area contributed by atoms with E-state index in [1.54, 1.807) is 17.0 Å². The molecule has 172 valence electrons. The van der Waals surface area contributed by atoms with E-state index < -0.39 is 6.04 Å². The quantitative estimate of drug-likeness (QED) is 0.465. The third-order valence-corrected chi connectivity index (χ3v) is 5.66. The number of nitrogens with one attached hydrogen (secondary N) is 1. The monoisotopic (exact) mass is 462 g/mol. The molecule has 2 amide bonds. The van der Waals surface area contributed by atoms with E-state index in [9.17, 15) is 9.59 Å². The molecule has 0 heterocycles. The normalized spacial score (nSPS) is 11.8. The molecule has 0 aliphatic rings. The molecule has 0 saturated carbocycles. The van der Waals surface area contributed by atoms with Crippen molar-refractivity contribution in [2.24, 2.45) is 0 Å². The third kappa shape index (κ3) is 7.47. The Morgan fingerprint density at radius 2 is 1.55 bits per heavy atom. The van der Waals surface area contributed by atoms with Crippen LogP contribution >= 0.6 is 11.6 Å². The first-order valence-electron chi connectivity index (χ1n) is 11.3. The number of hydrogen-bond acceptors (Lipinski definition) is 2. The summed E-state index contributed by atoms with van der Waals surface area (Å²) in [6.07, 6.45) is 0.610. The second kappa shape index (κ2) is 11.7. The maximum atomic E-state index is 13.6. The van der Waals surface area contributed by atoms with Crippen molar-refractivity contribution in [2.75, 3.05) is 0 Å². The van der Waals surface area contributed by atoms with E-state index in [0.717, 1.165) is 22.3 Å². The van der Waals surface area contributed by atoms with Gasteiger partial charge in [-0.15, -0.1) is 0 Å². The lowest BCUT2D eigenvalue weighted by molar-refractivity contribution is -0.141. The fraction of sp³-hybridized carbons (Fsp3) is 0.286. The van der Waals surface area contributed by atoms with Gasteiger partial charge >= 0.3 is 0 Å². The van der Waals surface area contributed by atoms with E-state index >= 15 is 0 Å². The highest BCUT2D eigenvalue weighted by Gasteiger charge is 2.30. The standard InChI is InChI=1S/C28H31ClN2O2/c1-20(2)30-28(33)26(17-22-8-5-4-6-9-22)31(19-23-14-12-21(3)13-15-23)27(32)18-24-10-7-11-25(29)16-24/h4-16,20,26H,17-19H2,1-3H3,(H,30,33)/t26-/m1/s1. The lowest BCUT2D eigenvalue weighted by Crippen LogP contribution is -2.52. The summed E-state index contributed by atoms with van der Waals surface area (Å²) >= 11 is 6.14. The predicted molar refractivity (Wildman–Crippen MR) is 134 cm³/mol. The van der Waals surface area contributed by atoms with Crippen LogP contribution in [0.2, 0.25) is 5.02 Å². The molecule has 33 heavy (non-hydrogen) atoms. The summed E-state index contributed by atoms with van der Waals surface area (Å²) in [6, 6.07) is 24.5. The average molecular weight is 463 g/mol. The first-order valence-corrected chi connectivity index (χ1v) is 11.6. The summed E-state index contributed by atoms with van der Waals surface area (Å²) in [4.78, 5) is 28.7. The van der Waals surface area contributed by atoms with Crippen LogP contribution in [0.25, 0.3) is 0 Å². The summed E-state index contributed by atoms with van der Waals surface area (Å²) in [6.45, 7) is 6.23. The number of carbonyl (C=O) groups is 2. The van der Waals surface area contributed by atoms with Gasteiger partial charge in [0.1, 0.15) is 6.04 Å². The fourth-order valence-corrected chi connectivity index (χ4v) is 3.96. The average Bonchev–Trinajstić information content (AvgIpc) is 2.77. The van der Waals surface area contributed by atoms with Crippen molar-refractivity contribution in [3.8, 4) is 0 Å². The molecule has 0 fully saturated rings. The van der Waals surface area contributed by atoms with Crippen molar-refractivity contribution in [2.45, 2.75) is 52.2 Å². The zero-order chi connectivity index (χ0) is 23.8. The van der Waals surface area contributed by atoms with E-state index in [2.05, 4.69) is 5.32 Å². The van der Waals surface area contributed by atoms with Gasteiger partial charge in [-0.2, -0.15) is 0 Å². The Morgan fingerprint density at radius 1 is 0.879 bits per heavy atom. The number of nitrogens with zero attached hydrogens (tertiary/aromatic N) is 1. The summed E-state index contributed by atoms with van der Waals surface area (Å²) < 4.78 is 0. The van der Waals surface area contributed by atoms with Gasteiger partial charge in [-0.05, 0) is 49.6 Å². The van der Waals surface area contributed by atoms with E-state index in [1.165, 1.54) is 0 Å². The van der Waals surface area contributed by atoms with Gasteiger partial charge < -0.3 is 10.2 Å². The Balaban J connectivity index is 1.96. The predicted octanol–water partition coefficient (Wildman–Crippen LogP) is 5.36. The highest BCUT2D eigenvalue weighted by Crippen LogP contribution is 2.18. The van der Waals surface area contributed by atoms with Crippen LogP contribution in [-0.2, 0) is 29.0 Å². The molecule has 3 aromatic carbocycles. The van der Waals surface area contributed by atoms with Gasteiger partial charge in [0.15, 0.2) is 0 Å². The lowest BCUT2D eigenvalue weighted by Gasteiger charge is -2.32. The molecule has 0 radical (unpaired) electrons. The van der Waals surface area contributed by atoms with Crippen molar-refractivity contribution < 1.29 is 9.59 Å². The summed E-state index contributed by atoms with van der Waals surface area (Å²) in [5, 5.41) is 3.60. The van der Waals surface area contributed by atoms with Crippen LogP contribution in [0.5, 0.6) is 0 Å². The highest BCUT2D eigenvalue weighted by atomic mass is 35.5. The van der Waals surface area contributed by atoms with Crippen LogP contribution in [0.1, 0.15) is 36.1 Å². The van der Waals surface area contributed by atoms with Gasteiger partial charge in [-0.3, -0.25) is 9.59 Å². The molecule has 0 spiro atoms. The van der Waals surface area contributed by atoms with Crippen LogP contribution in [0.4, 0.5) is 0 Å².